The number of aryl methyl sites for hydroxylation is 1. The van der Waals surface area contributed by atoms with Gasteiger partial charge in [0.2, 0.25) is 0 Å². The Morgan fingerprint density at radius 1 is 1.29 bits per heavy atom. The molecule has 0 atom stereocenters. The number of aliphatic carboxylic acids is 1. The smallest absolute Gasteiger partial charge is 0.309 e. The van der Waals surface area contributed by atoms with Gasteiger partial charge in [-0.05, 0) is 42.8 Å². The first-order chi connectivity index (χ1) is 9.94. The molecular weight excluding hydrogens is 275 g/mol. The highest BCUT2D eigenvalue weighted by Gasteiger charge is 2.09. The molecular formula is C15H13FN2O3. The van der Waals surface area contributed by atoms with Crippen molar-refractivity contribution < 1.29 is 19.1 Å². The number of nitrogens with zero attached hydrogens (tertiary/aromatic N) is 1. The number of rotatable bonds is 4. The van der Waals surface area contributed by atoms with Crippen LogP contribution >= 0.6 is 0 Å². The van der Waals surface area contributed by atoms with Crippen LogP contribution < -0.4 is 5.32 Å². The molecule has 0 spiro atoms. The first-order valence-electron chi connectivity index (χ1n) is 6.19. The Morgan fingerprint density at radius 2 is 2.05 bits per heavy atom. The molecule has 0 saturated heterocycles. The van der Waals surface area contributed by atoms with Crippen molar-refractivity contribution in [2.24, 2.45) is 0 Å². The van der Waals surface area contributed by atoms with Crippen LogP contribution in [0.5, 0.6) is 0 Å². The van der Waals surface area contributed by atoms with Crippen molar-refractivity contribution in [1.29, 1.82) is 0 Å². The summed E-state index contributed by atoms with van der Waals surface area (Å²) < 4.78 is 13.3. The lowest BCUT2D eigenvalue weighted by Crippen LogP contribution is -2.13. The second-order valence-corrected chi connectivity index (χ2v) is 4.58. The largest absolute Gasteiger partial charge is 0.481 e. The lowest BCUT2D eigenvalue weighted by Gasteiger charge is -2.06. The molecule has 2 N–H and O–H groups in total. The molecule has 1 heterocycles. The fourth-order valence-electron chi connectivity index (χ4n) is 1.83. The molecule has 0 aliphatic heterocycles. The molecule has 5 nitrogen and oxygen atoms in total. The minimum absolute atomic E-state index is 0.183. The lowest BCUT2D eigenvalue weighted by molar-refractivity contribution is -0.136. The van der Waals surface area contributed by atoms with Crippen LogP contribution in [-0.4, -0.2) is 22.0 Å². The average molecular weight is 288 g/mol. The zero-order valence-corrected chi connectivity index (χ0v) is 11.3. The fourth-order valence-corrected chi connectivity index (χ4v) is 1.83. The molecule has 0 aliphatic rings. The Bertz CT molecular complexity index is 664. The lowest BCUT2D eigenvalue weighted by atomic mass is 10.1. The van der Waals surface area contributed by atoms with Gasteiger partial charge in [-0.2, -0.15) is 0 Å². The zero-order valence-electron chi connectivity index (χ0n) is 11.3. The highest BCUT2D eigenvalue weighted by atomic mass is 19.1. The van der Waals surface area contributed by atoms with Crippen molar-refractivity contribution >= 4 is 17.6 Å². The molecule has 1 aromatic carbocycles. The van der Waals surface area contributed by atoms with Crippen LogP contribution in [0.4, 0.5) is 10.1 Å². The standard InChI is InChI=1S/C15H13FN2O3/c1-9-4-10(6-11(16)5-9)15(21)18-13-3-2-12(17-8-13)7-14(19)20/h2-6,8H,7H2,1H3,(H,18,21)(H,19,20). The number of hydrogen-bond acceptors (Lipinski definition) is 3. The number of carbonyl (C=O) groups is 2. The summed E-state index contributed by atoms with van der Waals surface area (Å²) in [7, 11) is 0. The van der Waals surface area contributed by atoms with Gasteiger partial charge in [-0.3, -0.25) is 14.6 Å². The molecule has 21 heavy (non-hydrogen) atoms. The van der Waals surface area contributed by atoms with Gasteiger partial charge >= 0.3 is 5.97 Å². The number of halogens is 1. The third-order valence-corrected chi connectivity index (χ3v) is 2.72. The third kappa shape index (κ3) is 4.10. The molecule has 108 valence electrons. The van der Waals surface area contributed by atoms with E-state index in [9.17, 15) is 14.0 Å². The SMILES string of the molecule is Cc1cc(F)cc(C(=O)Nc2ccc(CC(=O)O)nc2)c1. The molecule has 0 radical (unpaired) electrons. The number of carbonyl (C=O) groups excluding carboxylic acids is 1. The van der Waals surface area contributed by atoms with E-state index in [1.54, 1.807) is 19.1 Å². The van der Waals surface area contributed by atoms with E-state index in [1.807, 2.05) is 0 Å². The summed E-state index contributed by atoms with van der Waals surface area (Å²) in [4.78, 5) is 26.4. The highest BCUT2D eigenvalue weighted by Crippen LogP contribution is 2.12. The fraction of sp³-hybridized carbons (Fsp3) is 0.133. The van der Waals surface area contributed by atoms with Crippen LogP contribution in [0.3, 0.4) is 0 Å². The van der Waals surface area contributed by atoms with E-state index >= 15 is 0 Å². The third-order valence-electron chi connectivity index (χ3n) is 2.72. The van der Waals surface area contributed by atoms with Gasteiger partial charge in [0.25, 0.3) is 5.91 Å². The summed E-state index contributed by atoms with van der Waals surface area (Å²) in [5.74, 6) is -1.91. The average Bonchev–Trinajstić information content (AvgIpc) is 2.39. The number of hydrogen-bond donors (Lipinski definition) is 2. The van der Waals surface area contributed by atoms with Crippen molar-refractivity contribution in [3.63, 3.8) is 0 Å². The number of benzene rings is 1. The van der Waals surface area contributed by atoms with Gasteiger partial charge in [-0.15, -0.1) is 0 Å². The Kier molecular flexibility index (Phi) is 4.27. The molecule has 0 fully saturated rings. The van der Waals surface area contributed by atoms with E-state index in [0.29, 0.717) is 16.9 Å². The quantitative estimate of drug-likeness (QED) is 0.905. The van der Waals surface area contributed by atoms with Crippen LogP contribution in [0.25, 0.3) is 0 Å². The molecule has 0 unspecified atom stereocenters. The molecule has 2 rings (SSSR count). The van der Waals surface area contributed by atoms with E-state index < -0.39 is 17.7 Å². The van der Waals surface area contributed by atoms with E-state index in [2.05, 4.69) is 10.3 Å². The maximum absolute atomic E-state index is 13.3. The second-order valence-electron chi connectivity index (χ2n) is 4.58. The molecule has 6 heteroatoms. The summed E-state index contributed by atoms with van der Waals surface area (Å²) in [6.45, 7) is 1.70. The summed E-state index contributed by atoms with van der Waals surface area (Å²) in [5, 5.41) is 11.2. The van der Waals surface area contributed by atoms with Crippen LogP contribution in [-0.2, 0) is 11.2 Å². The predicted octanol–water partition coefficient (Wildman–Crippen LogP) is 2.41. The first kappa shape index (κ1) is 14.6. The van der Waals surface area contributed by atoms with Crippen LogP contribution in [0.2, 0.25) is 0 Å². The monoisotopic (exact) mass is 288 g/mol. The van der Waals surface area contributed by atoms with Gasteiger partial charge in [0.05, 0.1) is 24.0 Å². The molecule has 2 aromatic rings. The number of nitrogens with one attached hydrogen (secondary N) is 1. The summed E-state index contributed by atoms with van der Waals surface area (Å²) in [6, 6.07) is 7.12. The van der Waals surface area contributed by atoms with Gasteiger partial charge < -0.3 is 10.4 Å². The minimum Gasteiger partial charge on any atom is -0.481 e. The summed E-state index contributed by atoms with van der Waals surface area (Å²) in [5.41, 5.74) is 1.66. The molecule has 0 bridgehead atoms. The van der Waals surface area contributed by atoms with Crippen molar-refractivity contribution in [3.05, 3.63) is 59.2 Å². The van der Waals surface area contributed by atoms with Gasteiger partial charge in [0.15, 0.2) is 0 Å². The summed E-state index contributed by atoms with van der Waals surface area (Å²) >= 11 is 0. The topological polar surface area (TPSA) is 79.3 Å². The van der Waals surface area contributed by atoms with E-state index in [-0.39, 0.29) is 12.0 Å². The van der Waals surface area contributed by atoms with Crippen LogP contribution in [0, 0.1) is 12.7 Å². The molecule has 1 aromatic heterocycles. The maximum atomic E-state index is 13.3. The van der Waals surface area contributed by atoms with Crippen molar-refractivity contribution in [2.45, 2.75) is 13.3 Å². The Morgan fingerprint density at radius 3 is 2.62 bits per heavy atom. The van der Waals surface area contributed by atoms with Gasteiger partial charge in [-0.1, -0.05) is 0 Å². The van der Waals surface area contributed by atoms with Crippen molar-refractivity contribution in [1.82, 2.24) is 4.98 Å². The molecule has 0 saturated carbocycles. The number of carboxylic acid groups (broad SMARTS) is 1. The van der Waals surface area contributed by atoms with Crippen molar-refractivity contribution in [3.8, 4) is 0 Å². The first-order valence-corrected chi connectivity index (χ1v) is 6.19. The van der Waals surface area contributed by atoms with Crippen molar-refractivity contribution in [2.75, 3.05) is 5.32 Å². The number of anilines is 1. The maximum Gasteiger partial charge on any atom is 0.309 e. The Hall–Kier alpha value is -2.76. The highest BCUT2D eigenvalue weighted by molar-refractivity contribution is 6.04. The Labute approximate surface area is 120 Å². The van der Waals surface area contributed by atoms with Gasteiger partial charge in [0.1, 0.15) is 5.82 Å². The number of carboxylic acids is 1. The second kappa shape index (κ2) is 6.13. The van der Waals surface area contributed by atoms with Gasteiger partial charge in [-0.25, -0.2) is 4.39 Å². The molecule has 0 aliphatic carbocycles. The Balaban J connectivity index is 2.10. The number of aromatic nitrogens is 1. The van der Waals surface area contributed by atoms with Gasteiger partial charge in [0, 0.05) is 5.56 Å². The van der Waals surface area contributed by atoms with E-state index in [0.717, 1.165) is 6.07 Å². The zero-order chi connectivity index (χ0) is 15.4. The van der Waals surface area contributed by atoms with Crippen LogP contribution in [0.15, 0.2) is 36.5 Å². The summed E-state index contributed by atoms with van der Waals surface area (Å²) in [6.07, 6.45) is 1.18. The van der Waals surface area contributed by atoms with E-state index in [1.165, 1.54) is 18.3 Å². The number of amides is 1. The molecule has 1 amide bonds. The van der Waals surface area contributed by atoms with E-state index in [4.69, 9.17) is 5.11 Å². The minimum atomic E-state index is -0.977. The normalized spacial score (nSPS) is 10.2. The van der Waals surface area contributed by atoms with Crippen LogP contribution in [0.1, 0.15) is 21.6 Å². The number of pyridine rings is 1. The predicted molar refractivity (Wildman–Crippen MR) is 74.7 cm³/mol.